The standard InChI is InChI=1S/C29H35F2N5O2/c30-27(31)28-32-22-5-1-2-6-23(22)36(28)26-14-25(35-8-10-38-11-9-35)33-24(34-26)7-3-4-21-19-12-18-13-20(21)17-29(37,15-18)16-19/h1-2,5-6,14,18-21,27,37H,3-4,7-13,15-17H2/t18?,19-,20+,21-,29-. The van der Waals surface area contributed by atoms with Crippen molar-refractivity contribution < 1.29 is 18.6 Å². The highest BCUT2D eigenvalue weighted by Crippen LogP contribution is 2.59. The largest absolute Gasteiger partial charge is 0.390 e. The van der Waals surface area contributed by atoms with Crippen LogP contribution in [0.1, 0.15) is 63.0 Å². The summed E-state index contributed by atoms with van der Waals surface area (Å²) in [4.78, 5) is 16.1. The van der Waals surface area contributed by atoms with Crippen LogP contribution in [0.15, 0.2) is 30.3 Å². The number of para-hydroxylation sites is 2. The predicted molar refractivity (Wildman–Crippen MR) is 140 cm³/mol. The van der Waals surface area contributed by atoms with Gasteiger partial charge in [-0.1, -0.05) is 12.1 Å². The fourth-order valence-corrected chi connectivity index (χ4v) is 8.14. The quantitative estimate of drug-likeness (QED) is 0.465. The van der Waals surface area contributed by atoms with Crippen LogP contribution in [-0.4, -0.2) is 56.5 Å². The number of aromatic nitrogens is 4. The number of benzene rings is 1. The molecule has 1 unspecified atom stereocenters. The lowest BCUT2D eigenvalue weighted by atomic mass is 9.49. The number of halogens is 2. The second-order valence-corrected chi connectivity index (χ2v) is 11.9. The lowest BCUT2D eigenvalue weighted by Crippen LogP contribution is -2.54. The number of aryl methyl sites for hydroxylation is 1. The molecule has 1 aromatic carbocycles. The van der Waals surface area contributed by atoms with Gasteiger partial charge in [-0.15, -0.1) is 0 Å². The van der Waals surface area contributed by atoms with E-state index < -0.39 is 12.0 Å². The Balaban J connectivity index is 1.18. The third-order valence-electron chi connectivity index (χ3n) is 9.47. The number of fused-ring (bicyclic) bond motifs is 1. The highest BCUT2D eigenvalue weighted by Gasteiger charge is 2.54. The Hall–Kier alpha value is -2.65. The molecule has 38 heavy (non-hydrogen) atoms. The lowest BCUT2D eigenvalue weighted by molar-refractivity contribution is -0.153. The van der Waals surface area contributed by atoms with E-state index in [1.165, 1.54) is 17.4 Å². The molecular weight excluding hydrogens is 488 g/mol. The van der Waals surface area contributed by atoms with Gasteiger partial charge in [0.2, 0.25) is 0 Å². The van der Waals surface area contributed by atoms with E-state index in [1.54, 1.807) is 6.07 Å². The van der Waals surface area contributed by atoms with E-state index in [0.29, 0.717) is 79.1 Å². The number of imidazole rings is 1. The maximum absolute atomic E-state index is 14.1. The van der Waals surface area contributed by atoms with E-state index in [0.717, 1.165) is 37.9 Å². The summed E-state index contributed by atoms with van der Waals surface area (Å²) in [5.74, 6) is 4.22. The number of ether oxygens (including phenoxy) is 1. The molecule has 0 radical (unpaired) electrons. The lowest BCUT2D eigenvalue weighted by Gasteiger charge is -2.58. The SMILES string of the molecule is O[C@]12CC3C[C@H](C1)[C@@H](CCCc1nc(N4CCOCC4)cc(-n4c(C(F)F)nc5ccccc54)n1)[C@@H](C3)C2. The highest BCUT2D eigenvalue weighted by atomic mass is 19.3. The minimum Gasteiger partial charge on any atom is -0.390 e. The molecule has 4 saturated carbocycles. The van der Waals surface area contributed by atoms with Crippen LogP contribution in [0.5, 0.6) is 0 Å². The zero-order valence-corrected chi connectivity index (χ0v) is 21.6. The van der Waals surface area contributed by atoms with Gasteiger partial charge in [-0.05, 0) is 80.8 Å². The van der Waals surface area contributed by atoms with E-state index >= 15 is 0 Å². The maximum Gasteiger partial charge on any atom is 0.296 e. The van der Waals surface area contributed by atoms with Crippen LogP contribution in [0.2, 0.25) is 0 Å². The molecule has 1 saturated heterocycles. The average molecular weight is 524 g/mol. The van der Waals surface area contributed by atoms with Crippen molar-refractivity contribution in [2.24, 2.45) is 23.7 Å². The van der Waals surface area contributed by atoms with Crippen molar-refractivity contribution in [3.05, 3.63) is 42.0 Å². The molecule has 5 aliphatic rings. The summed E-state index contributed by atoms with van der Waals surface area (Å²) in [6.45, 7) is 2.64. The summed E-state index contributed by atoms with van der Waals surface area (Å²) in [6.07, 6.45) is 5.49. The molecule has 9 heteroatoms. The van der Waals surface area contributed by atoms with Crippen LogP contribution < -0.4 is 4.90 Å². The third-order valence-corrected chi connectivity index (χ3v) is 9.47. The second-order valence-electron chi connectivity index (χ2n) is 11.9. The van der Waals surface area contributed by atoms with Crippen LogP contribution in [-0.2, 0) is 11.2 Å². The number of aliphatic hydroxyl groups is 1. The van der Waals surface area contributed by atoms with Gasteiger partial charge in [-0.25, -0.2) is 23.7 Å². The van der Waals surface area contributed by atoms with Crippen LogP contribution in [0.4, 0.5) is 14.6 Å². The average Bonchev–Trinajstić information content (AvgIpc) is 3.30. The molecule has 4 aliphatic carbocycles. The van der Waals surface area contributed by atoms with Gasteiger partial charge in [0.1, 0.15) is 17.5 Å². The monoisotopic (exact) mass is 523 g/mol. The van der Waals surface area contributed by atoms with Gasteiger partial charge in [-0.2, -0.15) is 0 Å². The molecule has 3 heterocycles. The number of alkyl halides is 2. The summed E-state index contributed by atoms with van der Waals surface area (Å²) in [5.41, 5.74) is 0.736. The van der Waals surface area contributed by atoms with Crippen molar-refractivity contribution >= 4 is 16.9 Å². The Morgan fingerprint density at radius 3 is 2.47 bits per heavy atom. The van der Waals surface area contributed by atoms with Gasteiger partial charge in [0.25, 0.3) is 6.43 Å². The van der Waals surface area contributed by atoms with Gasteiger partial charge >= 0.3 is 0 Å². The Bertz CT molecular complexity index is 1310. The molecule has 0 spiro atoms. The summed E-state index contributed by atoms with van der Waals surface area (Å²) >= 11 is 0. The molecule has 202 valence electrons. The zero-order chi connectivity index (χ0) is 25.9. The molecular formula is C29H35F2N5O2. The number of rotatable bonds is 7. The molecule has 5 atom stereocenters. The second kappa shape index (κ2) is 9.52. The Morgan fingerprint density at radius 2 is 1.74 bits per heavy atom. The summed E-state index contributed by atoms with van der Waals surface area (Å²) in [7, 11) is 0. The molecule has 5 fully saturated rings. The highest BCUT2D eigenvalue weighted by molar-refractivity contribution is 5.78. The zero-order valence-electron chi connectivity index (χ0n) is 21.6. The van der Waals surface area contributed by atoms with Crippen LogP contribution in [0.3, 0.4) is 0 Å². The van der Waals surface area contributed by atoms with Crippen LogP contribution in [0.25, 0.3) is 16.9 Å². The first-order valence-corrected chi connectivity index (χ1v) is 14.1. The number of hydrogen-bond acceptors (Lipinski definition) is 6. The fourth-order valence-electron chi connectivity index (χ4n) is 8.14. The van der Waals surface area contributed by atoms with Gasteiger partial charge in [0.05, 0.1) is 29.8 Å². The first-order chi connectivity index (χ1) is 18.5. The minimum atomic E-state index is -2.72. The van der Waals surface area contributed by atoms with Crippen molar-refractivity contribution in [1.29, 1.82) is 0 Å². The van der Waals surface area contributed by atoms with E-state index in [1.807, 2.05) is 24.3 Å². The fraction of sp³-hybridized carbons (Fsp3) is 0.621. The molecule has 0 amide bonds. The topological polar surface area (TPSA) is 76.3 Å². The number of nitrogens with zero attached hydrogens (tertiary/aromatic N) is 5. The summed E-state index contributed by atoms with van der Waals surface area (Å²) < 4.78 is 35.3. The first kappa shape index (κ1) is 24.4. The molecule has 1 aliphatic heterocycles. The van der Waals surface area contributed by atoms with Gasteiger partial charge < -0.3 is 14.7 Å². The molecule has 3 aromatic rings. The predicted octanol–water partition coefficient (Wildman–Crippen LogP) is 5.10. The van der Waals surface area contributed by atoms with E-state index in [4.69, 9.17) is 14.7 Å². The number of hydrogen-bond donors (Lipinski definition) is 1. The normalized spacial score (nSPS) is 30.6. The van der Waals surface area contributed by atoms with Crippen molar-refractivity contribution in [2.75, 3.05) is 31.2 Å². The Labute approximate surface area is 221 Å². The van der Waals surface area contributed by atoms with Gasteiger partial charge in [0.15, 0.2) is 5.82 Å². The number of anilines is 1. The van der Waals surface area contributed by atoms with Crippen LogP contribution >= 0.6 is 0 Å². The number of morpholine rings is 1. The molecule has 4 bridgehead atoms. The third kappa shape index (κ3) is 4.37. The van der Waals surface area contributed by atoms with Crippen molar-refractivity contribution in [1.82, 2.24) is 19.5 Å². The molecule has 2 aromatic heterocycles. The van der Waals surface area contributed by atoms with E-state index in [2.05, 4.69) is 9.88 Å². The Morgan fingerprint density at radius 1 is 1.00 bits per heavy atom. The molecule has 8 rings (SSSR count). The van der Waals surface area contributed by atoms with Crippen molar-refractivity contribution in [3.63, 3.8) is 0 Å². The van der Waals surface area contributed by atoms with E-state index in [9.17, 15) is 13.9 Å². The minimum absolute atomic E-state index is 0.296. The van der Waals surface area contributed by atoms with Crippen molar-refractivity contribution in [3.8, 4) is 5.82 Å². The summed E-state index contributed by atoms with van der Waals surface area (Å²) in [5, 5.41) is 10.9. The smallest absolute Gasteiger partial charge is 0.296 e. The van der Waals surface area contributed by atoms with E-state index in [-0.39, 0.29) is 5.82 Å². The molecule has 1 N–H and O–H groups in total. The van der Waals surface area contributed by atoms with Crippen LogP contribution in [0, 0.1) is 23.7 Å². The first-order valence-electron chi connectivity index (χ1n) is 14.1. The van der Waals surface area contributed by atoms with Gasteiger partial charge in [0, 0.05) is 25.6 Å². The van der Waals surface area contributed by atoms with Gasteiger partial charge in [-0.3, -0.25) is 4.57 Å². The summed E-state index contributed by atoms with van der Waals surface area (Å²) in [6, 6.07) is 9.02. The Kier molecular flexibility index (Phi) is 6.11. The van der Waals surface area contributed by atoms with Crippen molar-refractivity contribution in [2.45, 2.75) is 63.4 Å². The molecule has 7 nitrogen and oxygen atoms in total. The maximum atomic E-state index is 14.1.